The van der Waals surface area contributed by atoms with Crippen LogP contribution in [0.2, 0.25) is 0 Å². The summed E-state index contributed by atoms with van der Waals surface area (Å²) in [6, 6.07) is 0. The van der Waals surface area contributed by atoms with Crippen molar-refractivity contribution in [2.45, 2.75) is 109 Å². The molecule has 0 saturated heterocycles. The zero-order valence-electron chi connectivity index (χ0n) is 17.5. The molecule has 8 heteroatoms. The quantitative estimate of drug-likeness (QED) is 0.192. The van der Waals surface area contributed by atoms with E-state index in [0.717, 1.165) is 57.8 Å². The Balaban J connectivity index is 4.10. The van der Waals surface area contributed by atoms with Gasteiger partial charge in [0.05, 0.1) is 0 Å². The van der Waals surface area contributed by atoms with Gasteiger partial charge in [-0.15, -0.1) is 0 Å². The van der Waals surface area contributed by atoms with Crippen molar-refractivity contribution in [3.8, 4) is 0 Å². The minimum absolute atomic E-state index is 0.0733. The molecule has 0 aromatic heterocycles. The van der Waals surface area contributed by atoms with Gasteiger partial charge in [-0.05, 0) is 12.8 Å². The maximum Gasteiger partial charge on any atom is 0.307 e. The fraction of sp³-hybridized carbons (Fsp3) is 0.900. The van der Waals surface area contributed by atoms with Crippen LogP contribution < -0.4 is 0 Å². The van der Waals surface area contributed by atoms with Crippen LogP contribution in [0.3, 0.4) is 0 Å². The third-order valence-corrected chi connectivity index (χ3v) is 5.34. The molecule has 0 saturated carbocycles. The van der Waals surface area contributed by atoms with Gasteiger partial charge in [0.2, 0.25) is 0 Å². The average molecular weight is 423 g/mol. The first-order valence-electron chi connectivity index (χ1n) is 10.6. The van der Waals surface area contributed by atoms with Crippen molar-refractivity contribution in [1.82, 2.24) is 0 Å². The lowest BCUT2D eigenvalue weighted by atomic mass is 10.1. The molecule has 1 unspecified atom stereocenters. The summed E-state index contributed by atoms with van der Waals surface area (Å²) >= 11 is 0. The van der Waals surface area contributed by atoms with Crippen LogP contribution in [0.25, 0.3) is 0 Å². The van der Waals surface area contributed by atoms with E-state index in [4.69, 9.17) is 9.47 Å². The van der Waals surface area contributed by atoms with Gasteiger partial charge in [-0.1, -0.05) is 78.1 Å². The fourth-order valence-electron chi connectivity index (χ4n) is 2.72. The number of esters is 2. The molecule has 166 valence electrons. The predicted octanol–water partition coefficient (Wildman–Crippen LogP) is 4.79. The Bertz CT molecular complexity index is 517. The van der Waals surface area contributed by atoms with E-state index in [2.05, 4.69) is 13.8 Å². The third kappa shape index (κ3) is 15.9. The van der Waals surface area contributed by atoms with Crippen molar-refractivity contribution in [1.29, 1.82) is 0 Å². The maximum absolute atomic E-state index is 11.8. The summed E-state index contributed by atoms with van der Waals surface area (Å²) in [5.74, 6) is -1.28. The van der Waals surface area contributed by atoms with Gasteiger partial charge in [-0.3, -0.25) is 14.1 Å². The number of unbranched alkanes of at least 4 members (excludes halogenated alkanes) is 10. The predicted molar refractivity (Wildman–Crippen MR) is 108 cm³/mol. The van der Waals surface area contributed by atoms with Crippen LogP contribution in [0.15, 0.2) is 0 Å². The van der Waals surface area contributed by atoms with Crippen molar-refractivity contribution < 1.29 is 32.0 Å². The summed E-state index contributed by atoms with van der Waals surface area (Å²) in [5.41, 5.74) is -1.87. The van der Waals surface area contributed by atoms with Crippen LogP contribution >= 0.6 is 0 Å². The van der Waals surface area contributed by atoms with Gasteiger partial charge in [0.25, 0.3) is 5.44 Å². The molecular formula is C20H38O7S. The zero-order chi connectivity index (χ0) is 21.3. The van der Waals surface area contributed by atoms with Crippen molar-refractivity contribution >= 4 is 22.1 Å². The van der Waals surface area contributed by atoms with Gasteiger partial charge in [0.15, 0.2) is 0 Å². The molecule has 1 N–H and O–H groups in total. The molecule has 1 atom stereocenters. The second-order valence-electron chi connectivity index (χ2n) is 7.15. The molecule has 0 aliphatic carbocycles. The van der Waals surface area contributed by atoms with E-state index in [-0.39, 0.29) is 12.8 Å². The van der Waals surface area contributed by atoms with Gasteiger partial charge in [0, 0.05) is 12.8 Å². The monoisotopic (exact) mass is 422 g/mol. The largest absolute Gasteiger partial charge is 0.460 e. The molecule has 0 radical (unpaired) electrons. The van der Waals surface area contributed by atoms with Crippen molar-refractivity contribution in [3.05, 3.63) is 0 Å². The average Bonchev–Trinajstić information content (AvgIpc) is 2.63. The maximum atomic E-state index is 11.8. The normalized spacial score (nSPS) is 12.5. The molecular weight excluding hydrogens is 384 g/mol. The Morgan fingerprint density at radius 3 is 1.64 bits per heavy atom. The topological polar surface area (TPSA) is 107 Å². The van der Waals surface area contributed by atoms with Crippen LogP contribution in [0.5, 0.6) is 0 Å². The Kier molecular flexibility index (Phi) is 16.1. The van der Waals surface area contributed by atoms with Crippen LogP contribution in [0, 0.1) is 0 Å². The lowest BCUT2D eigenvalue weighted by Crippen LogP contribution is -2.32. The number of ether oxygens (including phenoxy) is 2. The highest BCUT2D eigenvalue weighted by atomic mass is 32.2. The van der Waals surface area contributed by atoms with Gasteiger partial charge in [0.1, 0.15) is 6.61 Å². The zero-order valence-corrected chi connectivity index (χ0v) is 18.3. The highest BCUT2D eigenvalue weighted by molar-refractivity contribution is 7.86. The third-order valence-electron chi connectivity index (χ3n) is 4.44. The lowest BCUT2D eigenvalue weighted by Gasteiger charge is -2.15. The number of hydrogen-bond acceptors (Lipinski definition) is 6. The standard InChI is InChI=1S/C20H38O7S/c1-3-5-7-9-11-13-15-18(21)26-17-20(28(23,24)25)27-19(22)16-14-12-10-8-6-4-2/h20H,3-17H2,1-2H3,(H,23,24,25). The first kappa shape index (κ1) is 26.9. The first-order valence-corrected chi connectivity index (χ1v) is 12.1. The Labute approximate surface area is 170 Å². The molecule has 0 aromatic carbocycles. The van der Waals surface area contributed by atoms with Gasteiger partial charge >= 0.3 is 22.1 Å². The van der Waals surface area contributed by atoms with E-state index in [1.54, 1.807) is 0 Å². The highest BCUT2D eigenvalue weighted by Gasteiger charge is 2.28. The van der Waals surface area contributed by atoms with Gasteiger partial charge in [-0.2, -0.15) is 8.42 Å². The lowest BCUT2D eigenvalue weighted by molar-refractivity contribution is -0.154. The molecule has 0 aliphatic heterocycles. The van der Waals surface area contributed by atoms with E-state index < -0.39 is 34.1 Å². The van der Waals surface area contributed by atoms with Crippen LogP contribution in [0.1, 0.15) is 104 Å². The molecule has 0 amide bonds. The second kappa shape index (κ2) is 16.8. The molecule has 0 heterocycles. The van der Waals surface area contributed by atoms with Crippen molar-refractivity contribution in [3.63, 3.8) is 0 Å². The smallest absolute Gasteiger partial charge is 0.307 e. The minimum atomic E-state index is -4.65. The van der Waals surface area contributed by atoms with Crippen LogP contribution in [0.4, 0.5) is 0 Å². The molecule has 0 spiro atoms. The summed E-state index contributed by atoms with van der Waals surface area (Å²) < 4.78 is 41.6. The number of hydrogen-bond donors (Lipinski definition) is 1. The summed E-state index contributed by atoms with van der Waals surface area (Å²) in [6.07, 6.45) is 12.2. The first-order chi connectivity index (χ1) is 13.3. The second-order valence-corrected chi connectivity index (χ2v) is 8.71. The van der Waals surface area contributed by atoms with Crippen molar-refractivity contribution in [2.75, 3.05) is 6.61 Å². The number of rotatable bonds is 18. The number of carbonyl (C=O) groups excluding carboxylic acids is 2. The summed E-state index contributed by atoms with van der Waals surface area (Å²) in [4.78, 5) is 23.5. The van der Waals surface area contributed by atoms with E-state index in [9.17, 15) is 22.6 Å². The van der Waals surface area contributed by atoms with E-state index in [0.29, 0.717) is 12.8 Å². The Morgan fingerprint density at radius 2 is 1.18 bits per heavy atom. The molecule has 28 heavy (non-hydrogen) atoms. The van der Waals surface area contributed by atoms with Gasteiger partial charge < -0.3 is 9.47 Å². The molecule has 7 nitrogen and oxygen atoms in total. The van der Waals surface area contributed by atoms with E-state index in [1.807, 2.05) is 0 Å². The Morgan fingerprint density at radius 1 is 0.750 bits per heavy atom. The SMILES string of the molecule is CCCCCCCCC(=O)OCC(OC(=O)CCCCCCCC)S(=O)(=O)O. The molecule has 0 bridgehead atoms. The van der Waals surface area contributed by atoms with E-state index >= 15 is 0 Å². The summed E-state index contributed by atoms with van der Waals surface area (Å²) in [6.45, 7) is 3.56. The molecule has 0 rings (SSSR count). The highest BCUT2D eigenvalue weighted by Crippen LogP contribution is 2.11. The fourth-order valence-corrected chi connectivity index (χ4v) is 3.19. The molecule has 0 aromatic rings. The Hall–Kier alpha value is -1.15. The minimum Gasteiger partial charge on any atom is -0.460 e. The van der Waals surface area contributed by atoms with Crippen LogP contribution in [-0.2, 0) is 29.2 Å². The van der Waals surface area contributed by atoms with Gasteiger partial charge in [-0.25, -0.2) is 0 Å². The van der Waals surface area contributed by atoms with Crippen molar-refractivity contribution in [2.24, 2.45) is 0 Å². The molecule has 0 fully saturated rings. The van der Waals surface area contributed by atoms with Crippen LogP contribution in [-0.4, -0.2) is 37.0 Å². The van der Waals surface area contributed by atoms with E-state index in [1.165, 1.54) is 6.42 Å². The summed E-state index contributed by atoms with van der Waals surface area (Å²) in [5, 5.41) is 0. The summed E-state index contributed by atoms with van der Waals surface area (Å²) in [7, 11) is -4.65. The molecule has 0 aliphatic rings. The number of carbonyl (C=O) groups is 2.